The Bertz CT molecular complexity index is 993. The van der Waals surface area contributed by atoms with Crippen LogP contribution >= 0.6 is 11.3 Å². The van der Waals surface area contributed by atoms with E-state index < -0.39 is 15.8 Å². The van der Waals surface area contributed by atoms with Crippen molar-refractivity contribution in [1.29, 1.82) is 0 Å². The normalized spacial score (nSPS) is 14.7. The summed E-state index contributed by atoms with van der Waals surface area (Å²) < 4.78 is 46.3. The summed E-state index contributed by atoms with van der Waals surface area (Å²) in [5.41, 5.74) is -0.0961. The van der Waals surface area contributed by atoms with Crippen molar-refractivity contribution in [2.24, 2.45) is 0 Å². The molecule has 0 saturated heterocycles. The molecule has 1 aliphatic carbocycles. The van der Waals surface area contributed by atoms with Crippen molar-refractivity contribution < 1.29 is 17.2 Å². The molecule has 1 N–H and O–H groups in total. The van der Waals surface area contributed by atoms with Crippen LogP contribution in [0.2, 0.25) is 0 Å². The number of anilines is 1. The summed E-state index contributed by atoms with van der Waals surface area (Å²) in [6.07, 6.45) is 2.08. The molecule has 124 valence electrons. The van der Waals surface area contributed by atoms with E-state index in [9.17, 15) is 12.8 Å². The molecule has 4 rings (SSSR count). The smallest absolute Gasteiger partial charge is 0.271 e. The van der Waals surface area contributed by atoms with Crippen LogP contribution in [0.15, 0.2) is 45.0 Å². The van der Waals surface area contributed by atoms with Gasteiger partial charge in [0.15, 0.2) is 0 Å². The third kappa shape index (κ3) is 2.92. The second-order valence-corrected chi connectivity index (χ2v) is 8.42. The first-order valence-electron chi connectivity index (χ1n) is 7.24. The summed E-state index contributed by atoms with van der Waals surface area (Å²) in [6, 6.07) is 8.63. The minimum Gasteiger partial charge on any atom is -0.420 e. The Morgan fingerprint density at radius 1 is 1.17 bits per heavy atom. The molecule has 1 aliphatic rings. The number of hydrogen-bond acceptors (Lipinski definition) is 6. The lowest BCUT2D eigenvalue weighted by Crippen LogP contribution is -2.12. The van der Waals surface area contributed by atoms with Gasteiger partial charge in [0, 0.05) is 5.92 Å². The first-order valence-corrected chi connectivity index (χ1v) is 9.54. The van der Waals surface area contributed by atoms with Gasteiger partial charge in [-0.1, -0.05) is 12.1 Å². The highest BCUT2D eigenvalue weighted by molar-refractivity contribution is 7.94. The Balaban J connectivity index is 1.59. The number of thiophene rings is 1. The monoisotopic (exact) mass is 365 g/mol. The SMILES string of the molecule is O=S(=O)(Nc1ccccc1F)c1ccc(-c2nnc(C3CC3)o2)s1. The highest BCUT2D eigenvalue weighted by Crippen LogP contribution is 2.40. The molecule has 24 heavy (non-hydrogen) atoms. The van der Waals surface area contributed by atoms with Crippen LogP contribution in [0.4, 0.5) is 10.1 Å². The molecule has 0 radical (unpaired) electrons. The van der Waals surface area contributed by atoms with E-state index in [4.69, 9.17) is 4.42 Å². The Kier molecular flexibility index (Phi) is 3.61. The minimum atomic E-state index is -3.88. The van der Waals surface area contributed by atoms with Crippen LogP contribution in [0.1, 0.15) is 24.7 Å². The second kappa shape index (κ2) is 5.67. The number of nitrogens with one attached hydrogen (secondary N) is 1. The van der Waals surface area contributed by atoms with Gasteiger partial charge in [-0.15, -0.1) is 21.5 Å². The fraction of sp³-hybridized carbons (Fsp3) is 0.200. The molecule has 0 bridgehead atoms. The maximum absolute atomic E-state index is 13.6. The van der Waals surface area contributed by atoms with Gasteiger partial charge in [0.2, 0.25) is 5.89 Å². The average Bonchev–Trinajstić information content (AvgIpc) is 3.09. The van der Waals surface area contributed by atoms with Crippen LogP contribution in [0.3, 0.4) is 0 Å². The van der Waals surface area contributed by atoms with Crippen molar-refractivity contribution >= 4 is 27.0 Å². The van der Waals surface area contributed by atoms with Crippen LogP contribution in [0.5, 0.6) is 0 Å². The van der Waals surface area contributed by atoms with Gasteiger partial charge in [0.25, 0.3) is 15.9 Å². The lowest BCUT2D eigenvalue weighted by atomic mass is 10.3. The predicted molar refractivity (Wildman–Crippen MR) is 86.8 cm³/mol. The number of nitrogens with zero attached hydrogens (tertiary/aromatic N) is 2. The molecule has 0 aliphatic heterocycles. The van der Waals surface area contributed by atoms with Gasteiger partial charge in [0.1, 0.15) is 10.0 Å². The number of benzene rings is 1. The summed E-state index contributed by atoms with van der Waals surface area (Å²) in [7, 11) is -3.88. The van der Waals surface area contributed by atoms with Crippen LogP contribution < -0.4 is 4.72 Å². The molecular weight excluding hydrogens is 353 g/mol. The molecule has 9 heteroatoms. The Morgan fingerprint density at radius 2 is 1.96 bits per heavy atom. The molecule has 0 atom stereocenters. The molecule has 0 unspecified atom stereocenters. The molecular formula is C15H12FN3O3S2. The van der Waals surface area contributed by atoms with Gasteiger partial charge in [0.05, 0.1) is 10.6 Å². The number of rotatable bonds is 5. The van der Waals surface area contributed by atoms with Crippen molar-refractivity contribution in [3.63, 3.8) is 0 Å². The topological polar surface area (TPSA) is 85.1 Å². The first kappa shape index (κ1) is 15.3. The van der Waals surface area contributed by atoms with Gasteiger partial charge in [-0.2, -0.15) is 0 Å². The van der Waals surface area contributed by atoms with E-state index in [2.05, 4.69) is 14.9 Å². The number of aromatic nitrogens is 2. The van der Waals surface area contributed by atoms with E-state index in [0.29, 0.717) is 22.6 Å². The van der Waals surface area contributed by atoms with Crippen molar-refractivity contribution in [3.8, 4) is 10.8 Å². The molecule has 0 spiro atoms. The largest absolute Gasteiger partial charge is 0.420 e. The van der Waals surface area contributed by atoms with E-state index in [1.54, 1.807) is 12.1 Å². The summed E-state index contributed by atoms with van der Waals surface area (Å²) in [5.74, 6) is 0.586. The third-order valence-electron chi connectivity index (χ3n) is 3.54. The zero-order valence-electron chi connectivity index (χ0n) is 12.3. The molecule has 2 aromatic heterocycles. The van der Waals surface area contributed by atoms with Crippen molar-refractivity contribution in [1.82, 2.24) is 10.2 Å². The lowest BCUT2D eigenvalue weighted by Gasteiger charge is -2.06. The second-order valence-electron chi connectivity index (χ2n) is 5.42. The van der Waals surface area contributed by atoms with Gasteiger partial charge < -0.3 is 4.42 Å². The molecule has 1 fully saturated rings. The zero-order valence-corrected chi connectivity index (χ0v) is 13.9. The van der Waals surface area contributed by atoms with E-state index in [1.165, 1.54) is 24.3 Å². The minimum absolute atomic E-state index is 0.0481. The third-order valence-corrected chi connectivity index (χ3v) is 6.47. The molecule has 1 aromatic carbocycles. The summed E-state index contributed by atoms with van der Waals surface area (Å²) in [6.45, 7) is 0. The Hall–Kier alpha value is -2.26. The van der Waals surface area contributed by atoms with Gasteiger partial charge in [-0.3, -0.25) is 4.72 Å². The van der Waals surface area contributed by atoms with Crippen LogP contribution in [-0.4, -0.2) is 18.6 Å². The molecule has 1 saturated carbocycles. The van der Waals surface area contributed by atoms with E-state index in [-0.39, 0.29) is 9.90 Å². The van der Waals surface area contributed by atoms with Gasteiger partial charge >= 0.3 is 0 Å². The Labute approximate surface area is 141 Å². The van der Waals surface area contributed by atoms with E-state index in [1.807, 2.05) is 0 Å². The number of sulfonamides is 1. The van der Waals surface area contributed by atoms with Crippen LogP contribution in [0, 0.1) is 5.82 Å². The van der Waals surface area contributed by atoms with Crippen molar-refractivity contribution in [2.45, 2.75) is 23.0 Å². The predicted octanol–water partition coefficient (Wildman–Crippen LogP) is 3.62. The zero-order chi connectivity index (χ0) is 16.7. The van der Waals surface area contributed by atoms with E-state index >= 15 is 0 Å². The highest BCUT2D eigenvalue weighted by atomic mass is 32.2. The standard InChI is InChI=1S/C15H12FN3O3S2/c16-10-3-1-2-4-11(10)19-24(20,21)13-8-7-12(23-13)15-18-17-14(22-15)9-5-6-9/h1-4,7-9,19H,5-6H2. The quantitative estimate of drug-likeness (QED) is 0.746. The maximum Gasteiger partial charge on any atom is 0.271 e. The first-order chi connectivity index (χ1) is 11.5. The lowest BCUT2D eigenvalue weighted by molar-refractivity contribution is 0.509. The summed E-state index contributed by atoms with van der Waals surface area (Å²) in [4.78, 5) is 0.559. The highest BCUT2D eigenvalue weighted by Gasteiger charge is 2.30. The molecule has 3 aromatic rings. The molecule has 0 amide bonds. The number of halogens is 1. The number of para-hydroxylation sites is 1. The molecule has 6 nitrogen and oxygen atoms in total. The summed E-state index contributed by atoms with van der Waals surface area (Å²) in [5, 5.41) is 7.94. The average molecular weight is 365 g/mol. The van der Waals surface area contributed by atoms with Gasteiger partial charge in [-0.25, -0.2) is 12.8 Å². The maximum atomic E-state index is 13.6. The van der Waals surface area contributed by atoms with Gasteiger partial charge in [-0.05, 0) is 37.1 Å². The fourth-order valence-corrected chi connectivity index (χ4v) is 4.44. The van der Waals surface area contributed by atoms with E-state index in [0.717, 1.165) is 24.2 Å². The van der Waals surface area contributed by atoms with Crippen LogP contribution in [0.25, 0.3) is 10.8 Å². The molecule has 2 heterocycles. The number of hydrogen-bond donors (Lipinski definition) is 1. The van der Waals surface area contributed by atoms with Crippen LogP contribution in [-0.2, 0) is 10.0 Å². The van der Waals surface area contributed by atoms with Crippen molar-refractivity contribution in [3.05, 3.63) is 48.1 Å². The summed E-state index contributed by atoms with van der Waals surface area (Å²) >= 11 is 0.994. The van der Waals surface area contributed by atoms with Crippen molar-refractivity contribution in [2.75, 3.05) is 4.72 Å². The Morgan fingerprint density at radius 3 is 2.71 bits per heavy atom. The fourth-order valence-electron chi connectivity index (χ4n) is 2.15.